The molecular weight excluding hydrogens is 276 g/mol. The Labute approximate surface area is 122 Å². The number of amides is 1. The van der Waals surface area contributed by atoms with Crippen molar-refractivity contribution in [3.63, 3.8) is 0 Å². The Balaban J connectivity index is 1.80. The van der Waals surface area contributed by atoms with Gasteiger partial charge < -0.3 is 20.5 Å². The van der Waals surface area contributed by atoms with E-state index in [9.17, 15) is 20.0 Å². The SMILES string of the molecule is CC1CCC(O)(CNC(=O)Cn2ccc([N+](=O)[O-])n2)CC1. The molecule has 1 aromatic rings. The molecule has 0 aromatic carbocycles. The monoisotopic (exact) mass is 296 g/mol. The van der Waals surface area contributed by atoms with E-state index in [-0.39, 0.29) is 24.8 Å². The van der Waals surface area contributed by atoms with Crippen LogP contribution >= 0.6 is 0 Å². The number of nitrogens with one attached hydrogen (secondary N) is 1. The Morgan fingerprint density at radius 1 is 1.62 bits per heavy atom. The van der Waals surface area contributed by atoms with E-state index >= 15 is 0 Å². The number of carbonyl (C=O) groups is 1. The minimum atomic E-state index is -0.835. The number of hydrogen-bond donors (Lipinski definition) is 2. The van der Waals surface area contributed by atoms with Gasteiger partial charge in [-0.1, -0.05) is 6.92 Å². The van der Waals surface area contributed by atoms with Gasteiger partial charge in [0.1, 0.15) is 6.54 Å². The fraction of sp³-hybridized carbons (Fsp3) is 0.692. The molecule has 0 atom stereocenters. The van der Waals surface area contributed by atoms with Crippen LogP contribution in [-0.2, 0) is 11.3 Å². The van der Waals surface area contributed by atoms with E-state index in [1.807, 2.05) is 0 Å². The number of rotatable bonds is 5. The van der Waals surface area contributed by atoms with Crippen molar-refractivity contribution in [3.8, 4) is 0 Å². The van der Waals surface area contributed by atoms with Crippen molar-refractivity contribution in [1.82, 2.24) is 15.1 Å². The zero-order valence-corrected chi connectivity index (χ0v) is 12.0. The Bertz CT molecular complexity index is 520. The predicted molar refractivity (Wildman–Crippen MR) is 74.5 cm³/mol. The lowest BCUT2D eigenvalue weighted by molar-refractivity contribution is -0.389. The van der Waals surface area contributed by atoms with Gasteiger partial charge in [-0.05, 0) is 36.5 Å². The lowest BCUT2D eigenvalue weighted by Gasteiger charge is -2.34. The van der Waals surface area contributed by atoms with Crippen LogP contribution in [-0.4, -0.2) is 37.9 Å². The van der Waals surface area contributed by atoms with Crippen molar-refractivity contribution in [2.24, 2.45) is 5.92 Å². The van der Waals surface area contributed by atoms with Gasteiger partial charge in [0.05, 0.1) is 23.0 Å². The van der Waals surface area contributed by atoms with Crippen LogP contribution in [0.5, 0.6) is 0 Å². The fourth-order valence-corrected chi connectivity index (χ4v) is 2.48. The molecule has 0 radical (unpaired) electrons. The first-order chi connectivity index (χ1) is 9.88. The van der Waals surface area contributed by atoms with Crippen molar-refractivity contribution in [3.05, 3.63) is 22.4 Å². The van der Waals surface area contributed by atoms with Crippen LogP contribution < -0.4 is 5.32 Å². The average molecular weight is 296 g/mol. The highest BCUT2D eigenvalue weighted by Crippen LogP contribution is 2.31. The van der Waals surface area contributed by atoms with E-state index in [0.29, 0.717) is 18.8 Å². The van der Waals surface area contributed by atoms with Crippen molar-refractivity contribution < 1.29 is 14.8 Å². The Hall–Kier alpha value is -1.96. The molecule has 0 aliphatic heterocycles. The molecule has 21 heavy (non-hydrogen) atoms. The van der Waals surface area contributed by atoms with Gasteiger partial charge in [0.2, 0.25) is 5.91 Å². The molecule has 2 N–H and O–H groups in total. The highest BCUT2D eigenvalue weighted by Gasteiger charge is 2.32. The molecule has 1 fully saturated rings. The van der Waals surface area contributed by atoms with Crippen LogP contribution in [0.2, 0.25) is 0 Å². The number of carbonyl (C=O) groups excluding carboxylic acids is 1. The fourth-order valence-electron chi connectivity index (χ4n) is 2.48. The second kappa shape index (κ2) is 6.21. The second-order valence-electron chi connectivity index (χ2n) is 5.81. The summed E-state index contributed by atoms with van der Waals surface area (Å²) >= 11 is 0. The van der Waals surface area contributed by atoms with Crippen molar-refractivity contribution >= 4 is 11.7 Å². The molecule has 1 aliphatic carbocycles. The molecule has 0 bridgehead atoms. The van der Waals surface area contributed by atoms with E-state index in [1.165, 1.54) is 16.9 Å². The quantitative estimate of drug-likeness (QED) is 0.618. The van der Waals surface area contributed by atoms with Gasteiger partial charge in [-0.15, -0.1) is 0 Å². The molecule has 0 unspecified atom stereocenters. The molecule has 0 spiro atoms. The van der Waals surface area contributed by atoms with Crippen LogP contribution in [0.3, 0.4) is 0 Å². The molecule has 1 saturated carbocycles. The predicted octanol–water partition coefficient (Wildman–Crippen LogP) is 0.849. The third kappa shape index (κ3) is 4.25. The summed E-state index contributed by atoms with van der Waals surface area (Å²) in [6.45, 7) is 2.27. The Kier molecular flexibility index (Phi) is 4.56. The summed E-state index contributed by atoms with van der Waals surface area (Å²) in [7, 11) is 0. The molecule has 1 heterocycles. The van der Waals surface area contributed by atoms with Crippen molar-refractivity contribution in [2.75, 3.05) is 6.54 Å². The number of hydrogen-bond acceptors (Lipinski definition) is 5. The molecule has 1 aromatic heterocycles. The van der Waals surface area contributed by atoms with Crippen molar-refractivity contribution in [2.45, 2.75) is 44.8 Å². The zero-order chi connectivity index (χ0) is 15.5. The normalized spacial score (nSPS) is 25.5. The van der Waals surface area contributed by atoms with E-state index in [2.05, 4.69) is 17.3 Å². The Morgan fingerprint density at radius 3 is 2.86 bits per heavy atom. The molecule has 0 saturated heterocycles. The highest BCUT2D eigenvalue weighted by atomic mass is 16.6. The topological polar surface area (TPSA) is 110 Å². The summed E-state index contributed by atoms with van der Waals surface area (Å²) < 4.78 is 1.21. The lowest BCUT2D eigenvalue weighted by atomic mass is 9.79. The largest absolute Gasteiger partial charge is 0.389 e. The van der Waals surface area contributed by atoms with Gasteiger partial charge in [0.25, 0.3) is 0 Å². The maximum atomic E-state index is 11.8. The number of aliphatic hydroxyl groups is 1. The van der Waals surface area contributed by atoms with Crippen molar-refractivity contribution in [1.29, 1.82) is 0 Å². The van der Waals surface area contributed by atoms with Gasteiger partial charge in [-0.25, -0.2) is 0 Å². The van der Waals surface area contributed by atoms with E-state index < -0.39 is 10.5 Å². The number of nitro groups is 1. The molecule has 8 heteroatoms. The summed E-state index contributed by atoms with van der Waals surface area (Å²) in [6.07, 6.45) is 4.66. The summed E-state index contributed by atoms with van der Waals surface area (Å²) in [5.74, 6) is 0.00772. The van der Waals surface area contributed by atoms with Gasteiger partial charge >= 0.3 is 5.82 Å². The lowest BCUT2D eigenvalue weighted by Crippen LogP contribution is -2.45. The van der Waals surface area contributed by atoms with Crippen LogP contribution in [0.4, 0.5) is 5.82 Å². The summed E-state index contributed by atoms with van der Waals surface area (Å²) in [4.78, 5) is 21.7. The molecule has 2 rings (SSSR count). The van der Waals surface area contributed by atoms with Gasteiger partial charge in [-0.3, -0.25) is 4.79 Å². The maximum absolute atomic E-state index is 11.8. The maximum Gasteiger partial charge on any atom is 0.389 e. The summed E-state index contributed by atoms with van der Waals surface area (Å²) in [5, 5.41) is 27.2. The first-order valence-corrected chi connectivity index (χ1v) is 7.05. The zero-order valence-electron chi connectivity index (χ0n) is 12.0. The first-order valence-electron chi connectivity index (χ1n) is 7.05. The first kappa shape index (κ1) is 15.4. The summed E-state index contributed by atoms with van der Waals surface area (Å²) in [6, 6.07) is 1.24. The van der Waals surface area contributed by atoms with Crippen LogP contribution in [0.25, 0.3) is 0 Å². The summed E-state index contributed by atoms with van der Waals surface area (Å²) in [5.41, 5.74) is -0.835. The van der Waals surface area contributed by atoms with Gasteiger partial charge in [-0.2, -0.15) is 4.68 Å². The minimum absolute atomic E-state index is 0.0969. The highest BCUT2D eigenvalue weighted by molar-refractivity contribution is 5.75. The standard InChI is InChI=1S/C13H20N4O4/c1-10-2-5-13(19,6-3-10)9-14-12(18)8-16-7-4-11(15-16)17(20)21/h4,7,10,19H,2-3,5-6,8-9H2,1H3,(H,14,18). The van der Waals surface area contributed by atoms with Crippen LogP contribution in [0.1, 0.15) is 32.6 Å². The van der Waals surface area contributed by atoms with Gasteiger partial charge in [0.15, 0.2) is 0 Å². The smallest absolute Gasteiger partial charge is 0.388 e. The van der Waals surface area contributed by atoms with E-state index in [0.717, 1.165) is 12.8 Å². The molecular formula is C13H20N4O4. The average Bonchev–Trinajstić information content (AvgIpc) is 2.89. The molecule has 1 aliphatic rings. The molecule has 1 amide bonds. The third-order valence-electron chi connectivity index (χ3n) is 3.94. The van der Waals surface area contributed by atoms with E-state index in [4.69, 9.17) is 0 Å². The number of nitrogens with zero attached hydrogens (tertiary/aromatic N) is 3. The number of aromatic nitrogens is 2. The van der Waals surface area contributed by atoms with Crippen LogP contribution in [0.15, 0.2) is 12.3 Å². The molecule has 8 nitrogen and oxygen atoms in total. The van der Waals surface area contributed by atoms with E-state index in [1.54, 1.807) is 0 Å². The van der Waals surface area contributed by atoms with Crippen LogP contribution in [0, 0.1) is 16.0 Å². The Morgan fingerprint density at radius 2 is 2.29 bits per heavy atom. The third-order valence-corrected chi connectivity index (χ3v) is 3.94. The second-order valence-corrected chi connectivity index (χ2v) is 5.81. The minimum Gasteiger partial charge on any atom is -0.388 e. The van der Waals surface area contributed by atoms with Gasteiger partial charge in [0, 0.05) is 6.54 Å². The molecule has 116 valence electrons.